The maximum Gasteiger partial charge on any atom is 0.0696 e. The van der Waals surface area contributed by atoms with Gasteiger partial charge in [0.05, 0.1) is 5.03 Å². The molecule has 0 spiro atoms. The summed E-state index contributed by atoms with van der Waals surface area (Å²) in [5.74, 6) is 0. The molecule has 0 atom stereocenters. The molecule has 1 N–H and O–H groups in total. The zero-order valence-electron chi connectivity index (χ0n) is 7.94. The minimum atomic E-state index is 1.12. The van der Waals surface area contributed by atoms with Crippen molar-refractivity contribution in [2.45, 2.75) is 39.5 Å². The van der Waals surface area contributed by atoms with Gasteiger partial charge < -0.3 is 5.32 Å². The Labute approximate surface area is 79.3 Å². The molecule has 2 rings (SSSR count). The van der Waals surface area contributed by atoms with Crippen LogP contribution in [0.2, 0.25) is 0 Å². The van der Waals surface area contributed by atoms with E-state index in [2.05, 4.69) is 11.9 Å². The largest absolute Gasteiger partial charge is 0.353 e. The molecule has 0 unspecified atom stereocenters. The zero-order valence-corrected chi connectivity index (χ0v) is 8.76. The summed E-state index contributed by atoms with van der Waals surface area (Å²) in [5, 5.41) is 4.42. The fraction of sp³-hybridized carbons (Fsp3) is 0.600. The number of rotatable bonds is 0. The predicted octanol–water partition coefficient (Wildman–Crippen LogP) is 3.61. The van der Waals surface area contributed by atoms with Gasteiger partial charge in [-0.1, -0.05) is 32.2 Å². The van der Waals surface area contributed by atoms with E-state index in [1.54, 1.807) is 0 Å². The van der Waals surface area contributed by atoms with Crippen molar-refractivity contribution in [2.75, 3.05) is 0 Å². The van der Waals surface area contributed by atoms with E-state index in [-0.39, 0.29) is 0 Å². The molecule has 12 heavy (non-hydrogen) atoms. The van der Waals surface area contributed by atoms with Crippen molar-refractivity contribution in [2.24, 2.45) is 0 Å². The molecule has 2 heteroatoms. The van der Waals surface area contributed by atoms with Crippen LogP contribution in [0.15, 0.2) is 22.2 Å². The molecular formula is C10H17NS. The Morgan fingerprint density at radius 2 is 1.92 bits per heavy atom. The molecule has 1 aliphatic carbocycles. The SMILES string of the molecule is C=C1NC2=C(CCCC2)S1.CC. The molecule has 1 heterocycles. The van der Waals surface area contributed by atoms with E-state index in [9.17, 15) is 0 Å². The minimum absolute atomic E-state index is 1.12. The molecule has 0 saturated heterocycles. The van der Waals surface area contributed by atoms with Gasteiger partial charge in [-0.05, 0) is 25.7 Å². The second-order valence-corrected chi connectivity index (χ2v) is 3.95. The molecule has 0 aromatic heterocycles. The van der Waals surface area contributed by atoms with E-state index in [4.69, 9.17) is 0 Å². The molecule has 2 aliphatic rings. The van der Waals surface area contributed by atoms with Gasteiger partial charge in [-0.2, -0.15) is 0 Å². The fourth-order valence-corrected chi connectivity index (χ4v) is 2.46. The lowest BCUT2D eigenvalue weighted by Crippen LogP contribution is -2.06. The van der Waals surface area contributed by atoms with Crippen LogP contribution < -0.4 is 5.32 Å². The highest BCUT2D eigenvalue weighted by Crippen LogP contribution is 2.40. The first-order valence-corrected chi connectivity index (χ1v) is 5.54. The molecular weight excluding hydrogens is 166 g/mol. The van der Waals surface area contributed by atoms with Crippen LogP contribution in [0.3, 0.4) is 0 Å². The Morgan fingerprint density at radius 3 is 2.58 bits per heavy atom. The molecule has 0 bridgehead atoms. The molecule has 1 aliphatic heterocycles. The van der Waals surface area contributed by atoms with Gasteiger partial charge in [0.25, 0.3) is 0 Å². The van der Waals surface area contributed by atoms with Gasteiger partial charge in [0.2, 0.25) is 0 Å². The van der Waals surface area contributed by atoms with Crippen molar-refractivity contribution in [1.82, 2.24) is 5.32 Å². The van der Waals surface area contributed by atoms with Gasteiger partial charge in [0, 0.05) is 10.6 Å². The highest BCUT2D eigenvalue weighted by molar-refractivity contribution is 8.06. The molecule has 0 amide bonds. The standard InChI is InChI=1S/C8H11NS.C2H6/c1-6-9-7-4-2-3-5-8(7)10-6;1-2/h9H,1-5H2;1-2H3. The number of hydrogen-bond donors (Lipinski definition) is 1. The van der Waals surface area contributed by atoms with Crippen LogP contribution in [0, 0.1) is 0 Å². The average molecular weight is 183 g/mol. The van der Waals surface area contributed by atoms with Crippen molar-refractivity contribution >= 4 is 11.8 Å². The molecule has 0 fully saturated rings. The van der Waals surface area contributed by atoms with Gasteiger partial charge in [0.1, 0.15) is 0 Å². The minimum Gasteiger partial charge on any atom is -0.353 e. The van der Waals surface area contributed by atoms with Crippen molar-refractivity contribution in [3.63, 3.8) is 0 Å². The summed E-state index contributed by atoms with van der Waals surface area (Å²) in [6, 6.07) is 0. The maximum atomic E-state index is 3.89. The Bertz CT molecular complexity index is 186. The monoisotopic (exact) mass is 183 g/mol. The third kappa shape index (κ3) is 2.07. The van der Waals surface area contributed by atoms with Crippen LogP contribution in [0.25, 0.3) is 0 Å². The maximum absolute atomic E-state index is 3.89. The third-order valence-electron chi connectivity index (χ3n) is 1.95. The lowest BCUT2D eigenvalue weighted by molar-refractivity contribution is 0.673. The Kier molecular flexibility index (Phi) is 3.73. The van der Waals surface area contributed by atoms with Crippen LogP contribution in [-0.4, -0.2) is 0 Å². The normalized spacial score (nSPS) is 21.0. The van der Waals surface area contributed by atoms with Crippen LogP contribution >= 0.6 is 11.8 Å². The lowest BCUT2D eigenvalue weighted by atomic mass is 10.0. The van der Waals surface area contributed by atoms with E-state index < -0.39 is 0 Å². The van der Waals surface area contributed by atoms with Gasteiger partial charge in [-0.3, -0.25) is 0 Å². The Morgan fingerprint density at radius 1 is 1.25 bits per heavy atom. The van der Waals surface area contributed by atoms with Crippen molar-refractivity contribution < 1.29 is 0 Å². The summed E-state index contributed by atoms with van der Waals surface area (Å²) < 4.78 is 0. The van der Waals surface area contributed by atoms with E-state index in [0.29, 0.717) is 0 Å². The first kappa shape index (κ1) is 9.72. The van der Waals surface area contributed by atoms with Gasteiger partial charge in [0.15, 0.2) is 0 Å². The number of allylic oxidation sites excluding steroid dienone is 2. The van der Waals surface area contributed by atoms with Crippen molar-refractivity contribution in [3.8, 4) is 0 Å². The number of hydrogen-bond acceptors (Lipinski definition) is 2. The van der Waals surface area contributed by atoms with Crippen LogP contribution in [0.5, 0.6) is 0 Å². The summed E-state index contributed by atoms with van der Waals surface area (Å²) in [5.41, 5.74) is 1.45. The van der Waals surface area contributed by atoms with Gasteiger partial charge in [-0.25, -0.2) is 0 Å². The molecule has 1 nitrogen and oxygen atoms in total. The van der Waals surface area contributed by atoms with Crippen LogP contribution in [-0.2, 0) is 0 Å². The zero-order chi connectivity index (χ0) is 8.97. The van der Waals surface area contributed by atoms with Gasteiger partial charge >= 0.3 is 0 Å². The van der Waals surface area contributed by atoms with Crippen molar-refractivity contribution in [1.29, 1.82) is 0 Å². The topological polar surface area (TPSA) is 12.0 Å². The number of thioether (sulfide) groups is 1. The van der Waals surface area contributed by atoms with Crippen LogP contribution in [0.1, 0.15) is 39.5 Å². The quantitative estimate of drug-likeness (QED) is 0.615. The van der Waals surface area contributed by atoms with E-state index in [1.165, 1.54) is 36.3 Å². The van der Waals surface area contributed by atoms with Gasteiger partial charge in [-0.15, -0.1) is 0 Å². The summed E-state index contributed by atoms with van der Waals surface area (Å²) in [4.78, 5) is 1.54. The molecule has 0 aromatic carbocycles. The predicted molar refractivity (Wildman–Crippen MR) is 56.7 cm³/mol. The highest BCUT2D eigenvalue weighted by atomic mass is 32.2. The fourth-order valence-electron chi connectivity index (χ4n) is 1.47. The van der Waals surface area contributed by atoms with Crippen molar-refractivity contribution in [3.05, 3.63) is 22.2 Å². The highest BCUT2D eigenvalue weighted by Gasteiger charge is 2.19. The molecule has 0 aromatic rings. The second-order valence-electron chi connectivity index (χ2n) is 2.76. The van der Waals surface area contributed by atoms with Crippen LogP contribution in [0.4, 0.5) is 0 Å². The Hall–Kier alpha value is -0.370. The summed E-state index contributed by atoms with van der Waals surface area (Å²) in [6.07, 6.45) is 5.22. The average Bonchev–Trinajstić information content (AvgIpc) is 2.48. The smallest absolute Gasteiger partial charge is 0.0696 e. The first-order valence-electron chi connectivity index (χ1n) is 4.72. The molecule has 0 radical (unpaired) electrons. The first-order chi connectivity index (χ1) is 5.86. The van der Waals surface area contributed by atoms with E-state index in [1.807, 2.05) is 25.6 Å². The molecule has 0 saturated carbocycles. The summed E-state index contributed by atoms with van der Waals surface area (Å²) >= 11 is 1.82. The van der Waals surface area contributed by atoms with E-state index in [0.717, 1.165) is 5.03 Å². The second kappa shape index (κ2) is 4.61. The Balaban J connectivity index is 0.000000336. The number of nitrogens with one attached hydrogen (secondary N) is 1. The molecule has 68 valence electrons. The third-order valence-corrected chi connectivity index (χ3v) is 3.00. The summed E-state index contributed by atoms with van der Waals surface area (Å²) in [7, 11) is 0. The van der Waals surface area contributed by atoms with E-state index >= 15 is 0 Å². The lowest BCUT2D eigenvalue weighted by Gasteiger charge is -2.10. The summed E-state index contributed by atoms with van der Waals surface area (Å²) in [6.45, 7) is 7.89.